The summed E-state index contributed by atoms with van der Waals surface area (Å²) >= 11 is 0. The van der Waals surface area contributed by atoms with Gasteiger partial charge in [-0.1, -0.05) is 0 Å². The lowest BCUT2D eigenvalue weighted by molar-refractivity contribution is 0.0398. The summed E-state index contributed by atoms with van der Waals surface area (Å²) in [6.45, 7) is 8.15. The number of rotatable bonds is 9. The molecular weight excluding hydrogens is 310 g/mol. The number of morpholine rings is 1. The van der Waals surface area contributed by atoms with Crippen molar-refractivity contribution in [3.63, 3.8) is 0 Å². The van der Waals surface area contributed by atoms with Crippen LogP contribution in [-0.4, -0.2) is 80.4 Å². The van der Waals surface area contributed by atoms with Crippen LogP contribution in [0.5, 0.6) is 0 Å². The SMILES string of the molecule is COCCCNC(=O)c1cc(C)nc(NCCN2CCOCC2)n1. The van der Waals surface area contributed by atoms with Gasteiger partial charge in [-0.05, 0) is 19.4 Å². The first-order valence-corrected chi connectivity index (χ1v) is 8.36. The Bertz CT molecular complexity index is 520. The summed E-state index contributed by atoms with van der Waals surface area (Å²) in [5.74, 6) is 0.304. The van der Waals surface area contributed by atoms with Crippen molar-refractivity contribution in [3.8, 4) is 0 Å². The van der Waals surface area contributed by atoms with E-state index in [4.69, 9.17) is 9.47 Å². The fourth-order valence-corrected chi connectivity index (χ4v) is 2.42. The molecule has 2 N–H and O–H groups in total. The van der Waals surface area contributed by atoms with Crippen molar-refractivity contribution in [2.75, 3.05) is 65.0 Å². The molecule has 0 unspecified atom stereocenters. The van der Waals surface area contributed by atoms with Crippen LogP contribution in [0, 0.1) is 6.92 Å². The van der Waals surface area contributed by atoms with Crippen LogP contribution in [0.3, 0.4) is 0 Å². The minimum atomic E-state index is -0.187. The van der Waals surface area contributed by atoms with Crippen LogP contribution < -0.4 is 10.6 Å². The quantitative estimate of drug-likeness (QED) is 0.626. The third-order valence-corrected chi connectivity index (χ3v) is 3.71. The van der Waals surface area contributed by atoms with Gasteiger partial charge < -0.3 is 20.1 Å². The van der Waals surface area contributed by atoms with Crippen molar-refractivity contribution in [3.05, 3.63) is 17.5 Å². The zero-order valence-electron chi connectivity index (χ0n) is 14.5. The van der Waals surface area contributed by atoms with E-state index in [1.165, 1.54) is 0 Å². The van der Waals surface area contributed by atoms with Gasteiger partial charge in [-0.2, -0.15) is 0 Å². The largest absolute Gasteiger partial charge is 0.385 e. The second-order valence-corrected chi connectivity index (χ2v) is 5.70. The maximum Gasteiger partial charge on any atom is 0.270 e. The van der Waals surface area contributed by atoms with Gasteiger partial charge >= 0.3 is 0 Å². The zero-order valence-corrected chi connectivity index (χ0v) is 14.5. The summed E-state index contributed by atoms with van der Waals surface area (Å²) in [4.78, 5) is 23.1. The van der Waals surface area contributed by atoms with Crippen LogP contribution in [0.15, 0.2) is 6.07 Å². The highest BCUT2D eigenvalue weighted by Gasteiger charge is 2.12. The van der Waals surface area contributed by atoms with Crippen LogP contribution in [0.4, 0.5) is 5.95 Å². The van der Waals surface area contributed by atoms with Crippen molar-refractivity contribution in [1.82, 2.24) is 20.2 Å². The highest BCUT2D eigenvalue weighted by atomic mass is 16.5. The number of aryl methyl sites for hydroxylation is 1. The van der Waals surface area contributed by atoms with Crippen LogP contribution in [-0.2, 0) is 9.47 Å². The second-order valence-electron chi connectivity index (χ2n) is 5.70. The average molecular weight is 337 g/mol. The third kappa shape index (κ3) is 6.38. The Morgan fingerprint density at radius 3 is 2.88 bits per heavy atom. The Labute approximate surface area is 142 Å². The van der Waals surface area contributed by atoms with Gasteiger partial charge in [0, 0.05) is 52.1 Å². The number of methoxy groups -OCH3 is 1. The molecule has 134 valence electrons. The van der Waals surface area contributed by atoms with Gasteiger partial charge in [0.2, 0.25) is 5.95 Å². The van der Waals surface area contributed by atoms with E-state index < -0.39 is 0 Å². The molecule has 1 aromatic heterocycles. The molecule has 1 aromatic rings. The average Bonchev–Trinajstić information content (AvgIpc) is 2.59. The summed E-state index contributed by atoms with van der Waals surface area (Å²) in [6, 6.07) is 1.69. The molecule has 0 radical (unpaired) electrons. The molecule has 1 aliphatic rings. The predicted molar refractivity (Wildman–Crippen MR) is 91.3 cm³/mol. The highest BCUT2D eigenvalue weighted by molar-refractivity contribution is 5.92. The van der Waals surface area contributed by atoms with Gasteiger partial charge in [0.1, 0.15) is 5.69 Å². The number of carbonyl (C=O) groups is 1. The molecule has 2 heterocycles. The number of nitrogens with one attached hydrogen (secondary N) is 2. The molecule has 0 saturated carbocycles. The lowest BCUT2D eigenvalue weighted by atomic mass is 10.3. The molecule has 1 amide bonds. The minimum absolute atomic E-state index is 0.187. The highest BCUT2D eigenvalue weighted by Crippen LogP contribution is 2.05. The first-order valence-electron chi connectivity index (χ1n) is 8.36. The lowest BCUT2D eigenvalue weighted by Crippen LogP contribution is -2.39. The number of amides is 1. The minimum Gasteiger partial charge on any atom is -0.385 e. The molecule has 24 heavy (non-hydrogen) atoms. The topological polar surface area (TPSA) is 88.6 Å². The smallest absolute Gasteiger partial charge is 0.270 e. The van der Waals surface area contributed by atoms with Crippen molar-refractivity contribution in [2.24, 2.45) is 0 Å². The monoisotopic (exact) mass is 337 g/mol. The summed E-state index contributed by atoms with van der Waals surface area (Å²) in [6.07, 6.45) is 0.775. The van der Waals surface area contributed by atoms with E-state index >= 15 is 0 Å². The summed E-state index contributed by atoms with van der Waals surface area (Å²) < 4.78 is 10.3. The molecule has 0 atom stereocenters. The molecule has 0 aromatic carbocycles. The van der Waals surface area contributed by atoms with Gasteiger partial charge in [0.05, 0.1) is 13.2 Å². The molecule has 1 fully saturated rings. The number of aromatic nitrogens is 2. The van der Waals surface area contributed by atoms with Gasteiger partial charge in [0.25, 0.3) is 5.91 Å². The molecular formula is C16H27N5O3. The standard InChI is InChI=1S/C16H27N5O3/c1-13-12-14(15(22)17-4-3-9-23-2)20-16(19-13)18-5-6-21-7-10-24-11-8-21/h12H,3-11H2,1-2H3,(H,17,22)(H,18,19,20). The van der Waals surface area contributed by atoms with Crippen LogP contribution in [0.1, 0.15) is 22.6 Å². The number of nitrogens with zero attached hydrogens (tertiary/aromatic N) is 3. The van der Waals surface area contributed by atoms with E-state index in [2.05, 4.69) is 25.5 Å². The fraction of sp³-hybridized carbons (Fsp3) is 0.688. The number of anilines is 1. The molecule has 2 rings (SSSR count). The number of hydrogen-bond donors (Lipinski definition) is 2. The van der Waals surface area contributed by atoms with Crippen molar-refractivity contribution >= 4 is 11.9 Å². The van der Waals surface area contributed by atoms with Crippen LogP contribution >= 0.6 is 0 Å². The second kappa shape index (κ2) is 10.2. The Balaban J connectivity index is 1.82. The third-order valence-electron chi connectivity index (χ3n) is 3.71. The molecule has 0 bridgehead atoms. The molecule has 0 spiro atoms. The number of carbonyl (C=O) groups excluding carboxylic acids is 1. The number of ether oxygens (including phenoxy) is 2. The first kappa shape index (κ1) is 18.6. The Hall–Kier alpha value is -1.77. The Morgan fingerprint density at radius 2 is 2.12 bits per heavy atom. The molecule has 8 heteroatoms. The van der Waals surface area contributed by atoms with E-state index in [1.807, 2.05) is 6.92 Å². The van der Waals surface area contributed by atoms with Gasteiger partial charge in [0.15, 0.2) is 0 Å². The lowest BCUT2D eigenvalue weighted by Gasteiger charge is -2.26. The molecule has 1 aliphatic heterocycles. The Morgan fingerprint density at radius 1 is 1.33 bits per heavy atom. The van der Waals surface area contributed by atoms with E-state index in [0.717, 1.165) is 51.5 Å². The van der Waals surface area contributed by atoms with Crippen molar-refractivity contribution in [2.45, 2.75) is 13.3 Å². The normalized spacial score (nSPS) is 15.2. The zero-order chi connectivity index (χ0) is 17.2. The van der Waals surface area contributed by atoms with Crippen molar-refractivity contribution in [1.29, 1.82) is 0 Å². The maximum atomic E-state index is 12.1. The number of hydrogen-bond acceptors (Lipinski definition) is 7. The van der Waals surface area contributed by atoms with E-state index in [-0.39, 0.29) is 5.91 Å². The summed E-state index contributed by atoms with van der Waals surface area (Å²) in [5.41, 5.74) is 1.15. The predicted octanol–water partition coefficient (Wildman–Crippen LogP) is 0.295. The van der Waals surface area contributed by atoms with Crippen LogP contribution in [0.25, 0.3) is 0 Å². The van der Waals surface area contributed by atoms with E-state index in [9.17, 15) is 4.79 Å². The van der Waals surface area contributed by atoms with E-state index in [1.54, 1.807) is 13.2 Å². The van der Waals surface area contributed by atoms with Gasteiger partial charge in [-0.25, -0.2) is 9.97 Å². The van der Waals surface area contributed by atoms with Gasteiger partial charge in [-0.15, -0.1) is 0 Å². The molecule has 8 nitrogen and oxygen atoms in total. The maximum absolute atomic E-state index is 12.1. The van der Waals surface area contributed by atoms with Crippen molar-refractivity contribution < 1.29 is 14.3 Å². The van der Waals surface area contributed by atoms with E-state index in [0.29, 0.717) is 24.8 Å². The summed E-state index contributed by atoms with van der Waals surface area (Å²) in [5, 5.41) is 6.04. The Kier molecular flexibility index (Phi) is 7.87. The molecule has 0 aliphatic carbocycles. The van der Waals surface area contributed by atoms with Crippen LogP contribution in [0.2, 0.25) is 0 Å². The summed E-state index contributed by atoms with van der Waals surface area (Å²) in [7, 11) is 1.64. The molecule has 1 saturated heterocycles. The fourth-order valence-electron chi connectivity index (χ4n) is 2.42. The van der Waals surface area contributed by atoms with Gasteiger partial charge in [-0.3, -0.25) is 9.69 Å². The first-order chi connectivity index (χ1) is 11.7.